The fourth-order valence-electron chi connectivity index (χ4n) is 2.30. The van der Waals surface area contributed by atoms with Crippen molar-refractivity contribution in [2.45, 2.75) is 0 Å². The Labute approximate surface area is 150 Å². The third-order valence-corrected chi connectivity index (χ3v) is 3.76. The number of halogens is 1. The molecule has 0 saturated heterocycles. The Bertz CT molecular complexity index is 1000. The summed E-state index contributed by atoms with van der Waals surface area (Å²) in [5, 5.41) is 14.1. The fraction of sp³-hybridized carbons (Fsp3) is 0.0625. The molecule has 0 unspecified atom stereocenters. The normalized spacial score (nSPS) is 13.0. The van der Waals surface area contributed by atoms with E-state index in [0.29, 0.717) is 4.70 Å². The molecule has 1 aliphatic rings. The van der Waals surface area contributed by atoms with Gasteiger partial charge < -0.3 is 4.74 Å². The summed E-state index contributed by atoms with van der Waals surface area (Å²) in [6.45, 7) is -0.604. The monoisotopic (exact) mass is 374 g/mol. The molecule has 10 heteroatoms. The molecule has 2 aromatic rings. The van der Waals surface area contributed by atoms with E-state index in [1.165, 1.54) is 18.2 Å². The van der Waals surface area contributed by atoms with E-state index in [9.17, 15) is 24.5 Å². The number of carbonyl (C=O) groups is 3. The van der Waals surface area contributed by atoms with Gasteiger partial charge in [0.1, 0.15) is 16.3 Å². The van der Waals surface area contributed by atoms with Gasteiger partial charge in [0.05, 0.1) is 10.5 Å². The van der Waals surface area contributed by atoms with Crippen LogP contribution in [-0.4, -0.2) is 33.9 Å². The molecule has 1 aliphatic heterocycles. The van der Waals surface area contributed by atoms with Gasteiger partial charge in [-0.1, -0.05) is 23.7 Å². The first-order valence-electron chi connectivity index (χ1n) is 7.18. The van der Waals surface area contributed by atoms with Crippen molar-refractivity contribution in [3.8, 4) is 5.75 Å². The van der Waals surface area contributed by atoms with Crippen molar-refractivity contribution in [1.82, 2.24) is 0 Å². The van der Waals surface area contributed by atoms with Crippen molar-refractivity contribution < 1.29 is 28.7 Å². The minimum Gasteiger partial charge on any atom is -0.422 e. The second-order valence-electron chi connectivity index (χ2n) is 5.16. The predicted octanol–water partition coefficient (Wildman–Crippen LogP) is 2.61. The maximum absolute atomic E-state index is 12.3. The average Bonchev–Trinajstić information content (AvgIpc) is 2.59. The molecule has 0 saturated carbocycles. The van der Waals surface area contributed by atoms with Crippen LogP contribution in [0.25, 0.3) is 0 Å². The fourth-order valence-corrected chi connectivity index (χ4v) is 2.54. The number of nitro groups is 1. The molecule has 3 rings (SSSR count). The molecule has 0 bridgehead atoms. The van der Waals surface area contributed by atoms with Crippen LogP contribution >= 0.6 is 11.6 Å². The maximum atomic E-state index is 12.3. The largest absolute Gasteiger partial charge is 0.445 e. The van der Waals surface area contributed by atoms with E-state index in [4.69, 9.17) is 16.3 Å². The van der Waals surface area contributed by atoms with Crippen molar-refractivity contribution in [1.29, 1.82) is 0 Å². The number of nitro benzene ring substituents is 1. The Morgan fingerprint density at radius 3 is 2.54 bits per heavy atom. The standard InChI is InChI=1S/C16H9ClN3O6/c17-12-7-9(5-6-13(12)20(24)25)26-14(21)8-19-16(23)11-4-2-1-3-10(11)15(22)18-19/h1-7H,8H2/q+1. The number of hydrogen-bond acceptors (Lipinski definition) is 6. The van der Waals surface area contributed by atoms with Gasteiger partial charge in [-0.2, -0.15) is 0 Å². The second kappa shape index (κ2) is 6.81. The number of fused-ring (bicyclic) bond motifs is 1. The number of nitrogens with zero attached hydrogens (tertiary/aromatic N) is 3. The highest BCUT2D eigenvalue weighted by Gasteiger charge is 2.36. The Morgan fingerprint density at radius 1 is 1.19 bits per heavy atom. The molecule has 0 aromatic heterocycles. The molecule has 0 radical (unpaired) electrons. The summed E-state index contributed by atoms with van der Waals surface area (Å²) in [5.74, 6) is -2.19. The lowest BCUT2D eigenvalue weighted by atomic mass is 10.1. The quantitative estimate of drug-likeness (QED) is 0.267. The van der Waals surface area contributed by atoms with Gasteiger partial charge in [-0.15, -0.1) is 0 Å². The lowest BCUT2D eigenvalue weighted by Crippen LogP contribution is -2.33. The van der Waals surface area contributed by atoms with Crippen LogP contribution in [0.15, 0.2) is 47.6 Å². The van der Waals surface area contributed by atoms with E-state index >= 15 is 0 Å². The number of rotatable bonds is 4. The third kappa shape index (κ3) is 3.33. The van der Waals surface area contributed by atoms with Crippen LogP contribution in [0.5, 0.6) is 5.75 Å². The first-order chi connectivity index (χ1) is 12.4. The molecule has 0 aliphatic carbocycles. The van der Waals surface area contributed by atoms with Gasteiger partial charge >= 0.3 is 17.8 Å². The summed E-state index contributed by atoms with van der Waals surface area (Å²) in [6.07, 6.45) is 0. The minimum atomic E-state index is -0.890. The molecule has 1 heterocycles. The molecule has 2 amide bonds. The zero-order valence-corrected chi connectivity index (χ0v) is 13.7. The lowest BCUT2D eigenvalue weighted by molar-refractivity contribution is -0.485. The van der Waals surface area contributed by atoms with Gasteiger partial charge in [0.25, 0.3) is 12.2 Å². The zero-order chi connectivity index (χ0) is 18.8. The first kappa shape index (κ1) is 17.4. The van der Waals surface area contributed by atoms with Crippen molar-refractivity contribution in [2.75, 3.05) is 6.54 Å². The second-order valence-corrected chi connectivity index (χ2v) is 5.57. The lowest BCUT2D eigenvalue weighted by Gasteiger charge is -2.07. The summed E-state index contributed by atoms with van der Waals surface area (Å²) >= 11 is 5.74. The molecule has 0 fully saturated rings. The molecule has 130 valence electrons. The SMILES string of the molecule is O=C(C[N+]1=NC(=O)c2ccccc2C1=O)Oc1ccc([N+](=O)[O-])c(Cl)c1. The molecule has 0 spiro atoms. The molecule has 26 heavy (non-hydrogen) atoms. The van der Waals surface area contributed by atoms with E-state index in [0.717, 1.165) is 12.1 Å². The third-order valence-electron chi connectivity index (χ3n) is 3.46. The number of benzene rings is 2. The van der Waals surface area contributed by atoms with Gasteiger partial charge in [-0.05, 0) is 22.9 Å². The van der Waals surface area contributed by atoms with Crippen molar-refractivity contribution >= 4 is 35.1 Å². The summed E-state index contributed by atoms with van der Waals surface area (Å²) in [7, 11) is 0. The summed E-state index contributed by atoms with van der Waals surface area (Å²) in [4.78, 5) is 46.3. The topological polar surface area (TPSA) is 119 Å². The van der Waals surface area contributed by atoms with E-state index in [1.54, 1.807) is 12.1 Å². The number of amides is 2. The Kier molecular flexibility index (Phi) is 4.55. The van der Waals surface area contributed by atoms with Crippen LogP contribution < -0.4 is 4.74 Å². The molecule has 0 N–H and O–H groups in total. The first-order valence-corrected chi connectivity index (χ1v) is 7.56. The molecule has 0 atom stereocenters. The zero-order valence-electron chi connectivity index (χ0n) is 12.9. The Balaban J connectivity index is 1.75. The highest BCUT2D eigenvalue weighted by atomic mass is 35.5. The maximum Gasteiger partial charge on any atom is 0.445 e. The number of carbonyl (C=O) groups excluding carboxylic acids is 3. The van der Waals surface area contributed by atoms with Crippen LogP contribution in [0.4, 0.5) is 5.69 Å². The van der Waals surface area contributed by atoms with E-state index < -0.39 is 29.3 Å². The van der Waals surface area contributed by atoms with Crippen molar-refractivity contribution in [3.63, 3.8) is 0 Å². The minimum absolute atomic E-state index is 0.0400. The van der Waals surface area contributed by atoms with Crippen molar-refractivity contribution in [2.24, 2.45) is 5.11 Å². The van der Waals surface area contributed by atoms with E-state index in [1.807, 2.05) is 0 Å². The van der Waals surface area contributed by atoms with Gasteiger partial charge in [0.15, 0.2) is 0 Å². The van der Waals surface area contributed by atoms with Gasteiger partial charge in [0, 0.05) is 17.2 Å². The molecular formula is C16H9ClN3O6+. The summed E-state index contributed by atoms with van der Waals surface area (Å²) < 4.78 is 5.70. The highest BCUT2D eigenvalue weighted by Crippen LogP contribution is 2.28. The number of hydrogen-bond donors (Lipinski definition) is 0. The van der Waals surface area contributed by atoms with Gasteiger partial charge in [-0.25, -0.2) is 9.59 Å². The van der Waals surface area contributed by atoms with Gasteiger partial charge in [0.2, 0.25) is 0 Å². The Morgan fingerprint density at radius 2 is 1.88 bits per heavy atom. The predicted molar refractivity (Wildman–Crippen MR) is 86.4 cm³/mol. The van der Waals surface area contributed by atoms with Crippen LogP contribution in [0, 0.1) is 10.1 Å². The van der Waals surface area contributed by atoms with E-state index in [-0.39, 0.29) is 27.6 Å². The highest BCUT2D eigenvalue weighted by molar-refractivity contribution is 6.32. The summed E-state index contributed by atoms with van der Waals surface area (Å²) in [5.41, 5.74) is -0.0437. The molecule has 9 nitrogen and oxygen atoms in total. The number of esters is 1. The van der Waals surface area contributed by atoms with Crippen LogP contribution in [0.2, 0.25) is 5.02 Å². The van der Waals surface area contributed by atoms with Crippen LogP contribution in [0.3, 0.4) is 0 Å². The van der Waals surface area contributed by atoms with Crippen LogP contribution in [-0.2, 0) is 4.79 Å². The van der Waals surface area contributed by atoms with Crippen molar-refractivity contribution in [3.05, 3.63) is 68.7 Å². The van der Waals surface area contributed by atoms with Gasteiger partial charge in [-0.3, -0.25) is 14.9 Å². The Hall–Kier alpha value is -3.46. The summed E-state index contributed by atoms with van der Waals surface area (Å²) in [6, 6.07) is 9.49. The number of ether oxygens (including phenoxy) is 1. The smallest absolute Gasteiger partial charge is 0.422 e. The van der Waals surface area contributed by atoms with E-state index in [2.05, 4.69) is 5.11 Å². The van der Waals surface area contributed by atoms with Crippen LogP contribution in [0.1, 0.15) is 20.7 Å². The number of azo groups is 2. The molecule has 2 aromatic carbocycles. The molecular weight excluding hydrogens is 366 g/mol. The average molecular weight is 375 g/mol.